The standard InChI is InChI=1S/C10H12N6O/c1-6-8-9(15(2)13-6)16(10(11)12-8)5-7-3-4-17-14-7/h3-4H,5H2,1-2H3,(H2,11,12). The second-order valence-corrected chi connectivity index (χ2v) is 3.93. The van der Waals surface area contributed by atoms with E-state index in [4.69, 9.17) is 10.3 Å². The van der Waals surface area contributed by atoms with Gasteiger partial charge in [0.15, 0.2) is 5.65 Å². The molecule has 0 amide bonds. The van der Waals surface area contributed by atoms with E-state index in [1.807, 2.05) is 18.5 Å². The van der Waals surface area contributed by atoms with Crippen molar-refractivity contribution in [3.8, 4) is 0 Å². The molecule has 0 radical (unpaired) electrons. The molecule has 0 atom stereocenters. The van der Waals surface area contributed by atoms with Crippen LogP contribution in [0, 0.1) is 6.92 Å². The van der Waals surface area contributed by atoms with E-state index in [0.29, 0.717) is 12.5 Å². The summed E-state index contributed by atoms with van der Waals surface area (Å²) in [7, 11) is 1.87. The lowest BCUT2D eigenvalue weighted by Crippen LogP contribution is -2.08. The van der Waals surface area contributed by atoms with Crippen molar-refractivity contribution in [1.82, 2.24) is 24.5 Å². The first kappa shape index (κ1) is 9.88. The molecule has 3 rings (SSSR count). The third-order valence-electron chi connectivity index (χ3n) is 2.73. The Morgan fingerprint density at radius 2 is 2.29 bits per heavy atom. The zero-order valence-electron chi connectivity index (χ0n) is 9.58. The molecule has 0 fully saturated rings. The van der Waals surface area contributed by atoms with Crippen molar-refractivity contribution in [3.05, 3.63) is 23.7 Å². The minimum atomic E-state index is 0.458. The number of hydrogen-bond donors (Lipinski definition) is 1. The molecule has 0 aromatic carbocycles. The number of imidazole rings is 1. The number of fused-ring (bicyclic) bond motifs is 1. The summed E-state index contributed by atoms with van der Waals surface area (Å²) in [6, 6.07) is 1.80. The number of nitrogens with two attached hydrogens (primary N) is 1. The summed E-state index contributed by atoms with van der Waals surface area (Å²) < 4.78 is 8.44. The van der Waals surface area contributed by atoms with Gasteiger partial charge in [-0.15, -0.1) is 0 Å². The van der Waals surface area contributed by atoms with Crippen LogP contribution in [0.25, 0.3) is 11.2 Å². The van der Waals surface area contributed by atoms with Gasteiger partial charge in [-0.05, 0) is 6.92 Å². The Bertz CT molecular complexity index is 663. The van der Waals surface area contributed by atoms with E-state index in [1.165, 1.54) is 6.26 Å². The molecule has 0 aliphatic rings. The Kier molecular flexibility index (Phi) is 1.94. The van der Waals surface area contributed by atoms with Crippen LogP contribution < -0.4 is 5.73 Å². The molecule has 3 heterocycles. The topological polar surface area (TPSA) is 87.7 Å². The van der Waals surface area contributed by atoms with E-state index in [9.17, 15) is 0 Å². The summed E-state index contributed by atoms with van der Waals surface area (Å²) >= 11 is 0. The van der Waals surface area contributed by atoms with Crippen LogP contribution in [0.1, 0.15) is 11.4 Å². The smallest absolute Gasteiger partial charge is 0.202 e. The molecule has 17 heavy (non-hydrogen) atoms. The Hall–Kier alpha value is -2.31. The van der Waals surface area contributed by atoms with Crippen LogP contribution >= 0.6 is 0 Å². The minimum Gasteiger partial charge on any atom is -0.369 e. The SMILES string of the molecule is Cc1nn(C)c2c1nc(N)n2Cc1ccon1. The molecule has 0 aliphatic heterocycles. The van der Waals surface area contributed by atoms with E-state index < -0.39 is 0 Å². The van der Waals surface area contributed by atoms with Crippen LogP contribution in [0.2, 0.25) is 0 Å². The van der Waals surface area contributed by atoms with Crippen LogP contribution in [0.5, 0.6) is 0 Å². The van der Waals surface area contributed by atoms with Crippen LogP contribution in [0.4, 0.5) is 5.95 Å². The number of hydrogen-bond acceptors (Lipinski definition) is 5. The molecule has 3 aromatic heterocycles. The van der Waals surface area contributed by atoms with Crippen molar-refractivity contribution >= 4 is 17.1 Å². The Labute approximate surface area is 96.8 Å². The van der Waals surface area contributed by atoms with Gasteiger partial charge >= 0.3 is 0 Å². The number of nitrogens with zero attached hydrogens (tertiary/aromatic N) is 5. The average molecular weight is 232 g/mol. The van der Waals surface area contributed by atoms with Gasteiger partial charge in [-0.1, -0.05) is 5.16 Å². The first-order valence-corrected chi connectivity index (χ1v) is 5.21. The molecule has 3 aromatic rings. The third kappa shape index (κ3) is 1.39. The van der Waals surface area contributed by atoms with E-state index in [-0.39, 0.29) is 0 Å². The van der Waals surface area contributed by atoms with Crippen molar-refractivity contribution in [2.45, 2.75) is 13.5 Å². The number of aromatic nitrogens is 5. The monoisotopic (exact) mass is 232 g/mol. The molecule has 7 nitrogen and oxygen atoms in total. The predicted octanol–water partition coefficient (Wildman–Crippen LogP) is 0.697. The van der Waals surface area contributed by atoms with Gasteiger partial charge in [-0.25, -0.2) is 4.98 Å². The summed E-state index contributed by atoms with van der Waals surface area (Å²) in [6.07, 6.45) is 1.54. The average Bonchev–Trinajstić information content (AvgIpc) is 2.93. The van der Waals surface area contributed by atoms with Gasteiger partial charge < -0.3 is 10.3 Å². The maximum absolute atomic E-state index is 5.90. The Balaban J connectivity index is 2.18. The number of anilines is 1. The first-order valence-electron chi connectivity index (χ1n) is 5.21. The summed E-state index contributed by atoms with van der Waals surface area (Å²) in [4.78, 5) is 4.31. The van der Waals surface area contributed by atoms with E-state index in [0.717, 1.165) is 22.6 Å². The molecule has 0 saturated heterocycles. The zero-order chi connectivity index (χ0) is 12.0. The van der Waals surface area contributed by atoms with Gasteiger partial charge in [-0.3, -0.25) is 9.25 Å². The highest BCUT2D eigenvalue weighted by Gasteiger charge is 2.16. The fourth-order valence-electron chi connectivity index (χ4n) is 1.99. The highest BCUT2D eigenvalue weighted by atomic mass is 16.5. The molecular weight excluding hydrogens is 220 g/mol. The van der Waals surface area contributed by atoms with Gasteiger partial charge in [0.1, 0.15) is 17.5 Å². The van der Waals surface area contributed by atoms with Gasteiger partial charge in [0.25, 0.3) is 0 Å². The second kappa shape index (κ2) is 3.34. The third-order valence-corrected chi connectivity index (χ3v) is 2.73. The quantitative estimate of drug-likeness (QED) is 0.702. The predicted molar refractivity (Wildman–Crippen MR) is 61.3 cm³/mol. The van der Waals surface area contributed by atoms with Crippen molar-refractivity contribution in [2.24, 2.45) is 7.05 Å². The summed E-state index contributed by atoms with van der Waals surface area (Å²) in [5, 5.41) is 8.18. The molecule has 2 N–H and O–H groups in total. The highest BCUT2D eigenvalue weighted by molar-refractivity contribution is 5.77. The summed E-state index contributed by atoms with van der Waals surface area (Å²) in [6.45, 7) is 2.44. The van der Waals surface area contributed by atoms with Gasteiger partial charge in [0.05, 0.1) is 12.2 Å². The van der Waals surface area contributed by atoms with Crippen LogP contribution in [0.3, 0.4) is 0 Å². The fraction of sp³-hybridized carbons (Fsp3) is 0.300. The lowest BCUT2D eigenvalue weighted by Gasteiger charge is -2.03. The van der Waals surface area contributed by atoms with E-state index in [2.05, 4.69) is 15.2 Å². The Morgan fingerprint density at radius 3 is 3.00 bits per heavy atom. The van der Waals surface area contributed by atoms with Crippen LogP contribution in [0.15, 0.2) is 16.9 Å². The second-order valence-electron chi connectivity index (χ2n) is 3.93. The molecule has 0 spiro atoms. The molecule has 0 bridgehead atoms. The zero-order valence-corrected chi connectivity index (χ0v) is 9.58. The summed E-state index contributed by atoms with van der Waals surface area (Å²) in [5.74, 6) is 0.458. The number of nitrogen functional groups attached to an aromatic ring is 1. The van der Waals surface area contributed by atoms with Gasteiger partial charge in [0.2, 0.25) is 5.95 Å². The van der Waals surface area contributed by atoms with Crippen molar-refractivity contribution in [2.75, 3.05) is 5.73 Å². The molecule has 0 saturated carbocycles. The minimum absolute atomic E-state index is 0.458. The maximum atomic E-state index is 5.90. The molecule has 7 heteroatoms. The van der Waals surface area contributed by atoms with Crippen molar-refractivity contribution in [1.29, 1.82) is 0 Å². The Morgan fingerprint density at radius 1 is 1.47 bits per heavy atom. The molecule has 0 unspecified atom stereocenters. The highest BCUT2D eigenvalue weighted by Crippen LogP contribution is 2.21. The van der Waals surface area contributed by atoms with Crippen LogP contribution in [-0.2, 0) is 13.6 Å². The fourth-order valence-corrected chi connectivity index (χ4v) is 1.99. The van der Waals surface area contributed by atoms with Gasteiger partial charge in [0, 0.05) is 13.1 Å². The van der Waals surface area contributed by atoms with Crippen molar-refractivity contribution < 1.29 is 4.52 Å². The lowest BCUT2D eigenvalue weighted by molar-refractivity contribution is 0.410. The largest absolute Gasteiger partial charge is 0.369 e. The van der Waals surface area contributed by atoms with Gasteiger partial charge in [-0.2, -0.15) is 5.10 Å². The molecular formula is C10H12N6O. The maximum Gasteiger partial charge on any atom is 0.202 e. The number of rotatable bonds is 2. The first-order chi connectivity index (χ1) is 8.16. The van der Waals surface area contributed by atoms with E-state index in [1.54, 1.807) is 10.7 Å². The molecule has 88 valence electrons. The normalized spacial score (nSPS) is 11.4. The molecule has 0 aliphatic carbocycles. The van der Waals surface area contributed by atoms with Crippen LogP contribution in [-0.4, -0.2) is 24.5 Å². The van der Waals surface area contributed by atoms with Crippen molar-refractivity contribution in [3.63, 3.8) is 0 Å². The lowest BCUT2D eigenvalue weighted by atomic mass is 10.4. The number of aryl methyl sites for hydroxylation is 2. The summed E-state index contributed by atoms with van der Waals surface area (Å²) in [5.41, 5.74) is 9.29. The van der Waals surface area contributed by atoms with E-state index >= 15 is 0 Å².